The Hall–Kier alpha value is -2.49. The molecule has 0 aromatic heterocycles. The second kappa shape index (κ2) is 8.22. The van der Waals surface area contributed by atoms with Crippen LogP contribution in [0.3, 0.4) is 0 Å². The molecule has 31 heavy (non-hydrogen) atoms. The van der Waals surface area contributed by atoms with Gasteiger partial charge in [-0.25, -0.2) is 8.42 Å². The molecule has 1 saturated heterocycles. The van der Waals surface area contributed by atoms with E-state index in [1.807, 2.05) is 24.3 Å². The summed E-state index contributed by atoms with van der Waals surface area (Å²) in [6.45, 7) is 2.49. The Bertz CT molecular complexity index is 1150. The predicted octanol–water partition coefficient (Wildman–Crippen LogP) is 3.19. The highest BCUT2D eigenvalue weighted by Crippen LogP contribution is 2.50. The summed E-state index contributed by atoms with van der Waals surface area (Å²) in [6.07, 6.45) is 0.744. The molecule has 2 aromatic rings. The second-order valence-corrected chi connectivity index (χ2v) is 10.2. The molecule has 1 heterocycles. The van der Waals surface area contributed by atoms with Crippen LogP contribution in [0.15, 0.2) is 47.4 Å². The van der Waals surface area contributed by atoms with Crippen molar-refractivity contribution in [3.05, 3.63) is 68.7 Å². The number of carbonyl (C=O) groups is 1. The monoisotopic (exact) mass is 463 g/mol. The number of nitrogens with zero attached hydrogens (tertiary/aromatic N) is 3. The van der Waals surface area contributed by atoms with Crippen LogP contribution in [0.2, 0.25) is 5.02 Å². The van der Waals surface area contributed by atoms with Crippen molar-refractivity contribution < 1.29 is 18.1 Å². The van der Waals surface area contributed by atoms with Gasteiger partial charge in [-0.05, 0) is 36.5 Å². The van der Waals surface area contributed by atoms with Gasteiger partial charge in [0.05, 0.1) is 9.82 Å². The minimum absolute atomic E-state index is 0.0218. The fourth-order valence-corrected chi connectivity index (χ4v) is 6.03. The van der Waals surface area contributed by atoms with Crippen molar-refractivity contribution >= 4 is 33.2 Å². The predicted molar refractivity (Wildman–Crippen MR) is 115 cm³/mol. The van der Waals surface area contributed by atoms with Crippen molar-refractivity contribution in [2.75, 3.05) is 26.2 Å². The minimum atomic E-state index is -3.89. The lowest BCUT2D eigenvalue weighted by molar-refractivity contribution is -0.385. The molecule has 2 atom stereocenters. The maximum Gasteiger partial charge on any atom is 0.270 e. The maximum atomic E-state index is 13.1. The average molecular weight is 464 g/mol. The first-order valence-corrected chi connectivity index (χ1v) is 11.8. The van der Waals surface area contributed by atoms with Gasteiger partial charge in [0.25, 0.3) is 5.69 Å². The van der Waals surface area contributed by atoms with Crippen molar-refractivity contribution in [1.29, 1.82) is 0 Å². The number of amides is 1. The smallest absolute Gasteiger partial charge is 0.270 e. The van der Waals surface area contributed by atoms with Gasteiger partial charge >= 0.3 is 0 Å². The van der Waals surface area contributed by atoms with Gasteiger partial charge in [-0.15, -0.1) is 0 Å². The molecule has 2 aromatic carbocycles. The molecule has 0 N–H and O–H groups in total. The fourth-order valence-electron chi connectivity index (χ4n) is 4.09. The second-order valence-electron chi connectivity index (χ2n) is 7.91. The molecule has 0 bridgehead atoms. The van der Waals surface area contributed by atoms with Crippen LogP contribution in [0.4, 0.5) is 5.69 Å². The van der Waals surface area contributed by atoms with E-state index in [1.54, 1.807) is 11.8 Å². The van der Waals surface area contributed by atoms with Crippen molar-refractivity contribution in [1.82, 2.24) is 9.21 Å². The summed E-state index contributed by atoms with van der Waals surface area (Å²) in [5.41, 5.74) is 1.16. The van der Waals surface area contributed by atoms with Crippen LogP contribution in [-0.4, -0.2) is 54.6 Å². The van der Waals surface area contributed by atoms with Gasteiger partial charge in [-0.3, -0.25) is 14.9 Å². The molecule has 0 radical (unpaired) electrons. The van der Waals surface area contributed by atoms with Gasteiger partial charge in [0.15, 0.2) is 0 Å². The zero-order valence-corrected chi connectivity index (χ0v) is 18.5. The first-order chi connectivity index (χ1) is 14.7. The molecular weight excluding hydrogens is 442 g/mol. The van der Waals surface area contributed by atoms with E-state index >= 15 is 0 Å². The summed E-state index contributed by atoms with van der Waals surface area (Å²) < 4.78 is 27.4. The number of halogens is 1. The molecule has 1 aliphatic carbocycles. The van der Waals surface area contributed by atoms with Gasteiger partial charge in [0, 0.05) is 49.3 Å². The summed E-state index contributed by atoms with van der Waals surface area (Å²) in [5, 5.41) is 11.7. The Morgan fingerprint density at radius 3 is 2.45 bits per heavy atom. The van der Waals surface area contributed by atoms with E-state index in [0.29, 0.717) is 10.6 Å². The maximum absolute atomic E-state index is 13.1. The van der Waals surface area contributed by atoms with Gasteiger partial charge in [0.2, 0.25) is 15.9 Å². The van der Waals surface area contributed by atoms with Gasteiger partial charge in [-0.2, -0.15) is 4.31 Å². The molecule has 2 fully saturated rings. The van der Waals surface area contributed by atoms with Crippen molar-refractivity contribution in [3.8, 4) is 0 Å². The molecule has 4 rings (SSSR count). The van der Waals surface area contributed by atoms with Crippen molar-refractivity contribution in [2.24, 2.45) is 5.92 Å². The number of rotatable bonds is 5. The lowest BCUT2D eigenvalue weighted by atomic mass is 10.1. The SMILES string of the molecule is Cc1ccc([N+](=O)[O-])cc1S(=O)(=O)N1CCN(C(=O)C2CC2c2ccccc2Cl)CC1. The molecule has 1 aliphatic heterocycles. The summed E-state index contributed by atoms with van der Waals surface area (Å²) in [5.74, 6) is 0.00560. The summed E-state index contributed by atoms with van der Waals surface area (Å²) in [4.78, 5) is 25.0. The zero-order valence-electron chi connectivity index (χ0n) is 16.9. The highest BCUT2D eigenvalue weighted by Gasteiger charge is 2.47. The summed E-state index contributed by atoms with van der Waals surface area (Å²) in [7, 11) is -3.89. The topological polar surface area (TPSA) is 101 Å². The summed E-state index contributed by atoms with van der Waals surface area (Å²) >= 11 is 6.25. The fraction of sp³-hybridized carbons (Fsp3) is 0.381. The lowest BCUT2D eigenvalue weighted by Gasteiger charge is -2.34. The third kappa shape index (κ3) is 4.17. The number of sulfonamides is 1. The molecular formula is C21H22ClN3O5S. The number of hydrogen-bond acceptors (Lipinski definition) is 5. The van der Waals surface area contributed by atoms with Gasteiger partial charge in [0.1, 0.15) is 0 Å². The molecule has 0 spiro atoms. The van der Waals surface area contributed by atoms with E-state index in [0.717, 1.165) is 18.1 Å². The Morgan fingerprint density at radius 2 is 1.81 bits per heavy atom. The molecule has 164 valence electrons. The third-order valence-corrected chi connectivity index (χ3v) is 8.35. The number of piperazine rings is 1. The third-order valence-electron chi connectivity index (χ3n) is 5.96. The normalized spacial score (nSPS) is 21.7. The van der Waals surface area contributed by atoms with Crippen LogP contribution in [0.5, 0.6) is 0 Å². The highest BCUT2D eigenvalue weighted by molar-refractivity contribution is 7.89. The first-order valence-electron chi connectivity index (χ1n) is 9.98. The van der Waals surface area contributed by atoms with Crippen LogP contribution in [0.25, 0.3) is 0 Å². The molecule has 2 aliphatic rings. The Labute approximate surface area is 185 Å². The highest BCUT2D eigenvalue weighted by atomic mass is 35.5. The number of carbonyl (C=O) groups excluding carboxylic acids is 1. The molecule has 1 amide bonds. The average Bonchev–Trinajstić information content (AvgIpc) is 3.54. The van der Waals surface area contributed by atoms with E-state index in [4.69, 9.17) is 11.6 Å². The Kier molecular flexibility index (Phi) is 5.76. The number of nitro benzene ring substituents is 1. The van der Waals surface area contributed by atoms with Crippen LogP contribution < -0.4 is 0 Å². The largest absolute Gasteiger partial charge is 0.340 e. The van der Waals surface area contributed by atoms with Crippen molar-refractivity contribution in [2.45, 2.75) is 24.2 Å². The Morgan fingerprint density at radius 1 is 1.13 bits per heavy atom. The molecule has 2 unspecified atom stereocenters. The number of hydrogen-bond donors (Lipinski definition) is 0. The van der Waals surface area contributed by atoms with Crippen LogP contribution in [0, 0.1) is 23.0 Å². The minimum Gasteiger partial charge on any atom is -0.340 e. The van der Waals surface area contributed by atoms with E-state index in [-0.39, 0.29) is 54.5 Å². The lowest BCUT2D eigenvalue weighted by Crippen LogP contribution is -2.51. The van der Waals surface area contributed by atoms with Crippen molar-refractivity contribution in [3.63, 3.8) is 0 Å². The summed E-state index contributed by atoms with van der Waals surface area (Å²) in [6, 6.07) is 11.3. The van der Waals surface area contributed by atoms with E-state index in [9.17, 15) is 23.3 Å². The number of nitro groups is 1. The van der Waals surface area contributed by atoms with Crippen LogP contribution in [-0.2, 0) is 14.8 Å². The zero-order chi connectivity index (χ0) is 22.3. The molecule has 10 heteroatoms. The van der Waals surface area contributed by atoms with Crippen LogP contribution >= 0.6 is 11.6 Å². The number of benzene rings is 2. The standard InChI is InChI=1S/C21H22ClN3O5S/c1-14-6-7-15(25(27)28)12-20(14)31(29,30)24-10-8-23(9-11-24)21(26)18-13-17(18)16-4-2-3-5-19(16)22/h2-7,12,17-18H,8-11,13H2,1H3. The Balaban J connectivity index is 1.42. The van der Waals surface area contributed by atoms with E-state index in [1.165, 1.54) is 16.4 Å². The number of aryl methyl sites for hydroxylation is 1. The van der Waals surface area contributed by atoms with E-state index in [2.05, 4.69) is 0 Å². The van der Waals surface area contributed by atoms with Crippen LogP contribution in [0.1, 0.15) is 23.5 Å². The molecule has 1 saturated carbocycles. The molecule has 8 nitrogen and oxygen atoms in total. The van der Waals surface area contributed by atoms with Gasteiger partial charge < -0.3 is 4.90 Å². The van der Waals surface area contributed by atoms with Gasteiger partial charge in [-0.1, -0.05) is 35.9 Å². The quantitative estimate of drug-likeness (QED) is 0.500. The van der Waals surface area contributed by atoms with E-state index < -0.39 is 14.9 Å². The first kappa shape index (κ1) is 21.7. The number of non-ortho nitro benzene ring substituents is 1.